The van der Waals surface area contributed by atoms with Gasteiger partial charge in [0.1, 0.15) is 5.82 Å². The maximum Gasteiger partial charge on any atom is 0.126 e. The summed E-state index contributed by atoms with van der Waals surface area (Å²) in [6, 6.07) is 4.34. The maximum absolute atomic E-state index is 5.36. The first-order valence-electron chi connectivity index (χ1n) is 6.22. The molecule has 1 unspecified atom stereocenters. The lowest BCUT2D eigenvalue weighted by Gasteiger charge is -2.10. The molecule has 1 saturated heterocycles. The summed E-state index contributed by atoms with van der Waals surface area (Å²) < 4.78 is 5.36. The molecule has 1 aliphatic heterocycles. The quantitative estimate of drug-likeness (QED) is 0.842. The Balaban J connectivity index is 1.61. The summed E-state index contributed by atoms with van der Waals surface area (Å²) >= 11 is 0. The van der Waals surface area contributed by atoms with Crippen LogP contribution in [0.5, 0.6) is 0 Å². The van der Waals surface area contributed by atoms with Crippen LogP contribution in [0, 0.1) is 5.92 Å². The Morgan fingerprint density at radius 2 is 2.38 bits per heavy atom. The zero-order valence-corrected chi connectivity index (χ0v) is 9.54. The van der Waals surface area contributed by atoms with Crippen molar-refractivity contribution in [2.75, 3.05) is 25.1 Å². The van der Waals surface area contributed by atoms with Crippen molar-refractivity contribution in [1.82, 2.24) is 4.98 Å². The van der Waals surface area contributed by atoms with Crippen LogP contribution in [-0.2, 0) is 17.6 Å². The lowest BCUT2D eigenvalue weighted by atomic mass is 10.1. The van der Waals surface area contributed by atoms with Crippen molar-refractivity contribution in [3.05, 3.63) is 23.4 Å². The molecular weight excluding hydrogens is 200 g/mol. The smallest absolute Gasteiger partial charge is 0.126 e. The second kappa shape index (κ2) is 4.42. The minimum atomic E-state index is 0.662. The largest absolute Gasteiger partial charge is 0.381 e. The summed E-state index contributed by atoms with van der Waals surface area (Å²) in [5.74, 6) is 1.70. The molecule has 3 heteroatoms. The van der Waals surface area contributed by atoms with Gasteiger partial charge in [-0.2, -0.15) is 0 Å². The molecule has 0 bridgehead atoms. The third kappa shape index (κ3) is 2.05. The number of hydrogen-bond acceptors (Lipinski definition) is 3. The lowest BCUT2D eigenvalue weighted by molar-refractivity contribution is 0.187. The second-order valence-corrected chi connectivity index (χ2v) is 4.77. The van der Waals surface area contributed by atoms with Gasteiger partial charge in [-0.05, 0) is 37.3 Å². The van der Waals surface area contributed by atoms with Crippen LogP contribution >= 0.6 is 0 Å². The first-order chi connectivity index (χ1) is 7.92. The fourth-order valence-corrected chi connectivity index (χ4v) is 2.51. The third-order valence-electron chi connectivity index (χ3n) is 3.52. The van der Waals surface area contributed by atoms with E-state index in [1.54, 1.807) is 0 Å². The zero-order chi connectivity index (χ0) is 10.8. The molecule has 1 atom stereocenters. The van der Waals surface area contributed by atoms with Gasteiger partial charge in [-0.3, -0.25) is 0 Å². The Morgan fingerprint density at radius 1 is 1.38 bits per heavy atom. The number of nitrogens with zero attached hydrogens (tertiary/aromatic N) is 1. The Bertz CT molecular complexity index is 372. The van der Waals surface area contributed by atoms with Gasteiger partial charge in [0, 0.05) is 24.8 Å². The number of ether oxygens (including phenoxy) is 1. The van der Waals surface area contributed by atoms with Crippen LogP contribution in [0.25, 0.3) is 0 Å². The highest BCUT2D eigenvalue weighted by atomic mass is 16.5. The highest BCUT2D eigenvalue weighted by molar-refractivity contribution is 5.40. The number of hydrogen-bond donors (Lipinski definition) is 1. The van der Waals surface area contributed by atoms with Crippen LogP contribution in [0.2, 0.25) is 0 Å². The van der Waals surface area contributed by atoms with E-state index in [2.05, 4.69) is 22.4 Å². The van der Waals surface area contributed by atoms with Gasteiger partial charge in [-0.1, -0.05) is 6.07 Å². The van der Waals surface area contributed by atoms with Crippen LogP contribution in [0.15, 0.2) is 12.1 Å². The highest BCUT2D eigenvalue weighted by Gasteiger charge is 2.16. The van der Waals surface area contributed by atoms with E-state index in [1.165, 1.54) is 30.5 Å². The SMILES string of the molecule is c1cc2c(nc1NCC1CCOC1)CCC2. The first-order valence-corrected chi connectivity index (χ1v) is 6.22. The molecule has 1 aromatic rings. The second-order valence-electron chi connectivity index (χ2n) is 4.77. The minimum absolute atomic E-state index is 0.662. The van der Waals surface area contributed by atoms with Crippen LogP contribution in [0.4, 0.5) is 5.82 Å². The van der Waals surface area contributed by atoms with Crippen LogP contribution < -0.4 is 5.32 Å². The van der Waals surface area contributed by atoms with E-state index in [1.807, 2.05) is 0 Å². The molecule has 1 aliphatic carbocycles. The number of fused-ring (bicyclic) bond motifs is 1. The van der Waals surface area contributed by atoms with Gasteiger partial charge >= 0.3 is 0 Å². The van der Waals surface area contributed by atoms with Gasteiger partial charge in [0.05, 0.1) is 6.61 Å². The van der Waals surface area contributed by atoms with Crippen molar-refractivity contribution in [3.8, 4) is 0 Å². The fraction of sp³-hybridized carbons (Fsp3) is 0.615. The predicted molar refractivity (Wildman–Crippen MR) is 63.7 cm³/mol. The molecule has 1 N–H and O–H groups in total. The molecule has 1 fully saturated rings. The van der Waals surface area contributed by atoms with Crippen molar-refractivity contribution in [2.45, 2.75) is 25.7 Å². The first kappa shape index (κ1) is 10.1. The van der Waals surface area contributed by atoms with Gasteiger partial charge in [0.15, 0.2) is 0 Å². The number of aromatic nitrogens is 1. The van der Waals surface area contributed by atoms with Crippen molar-refractivity contribution in [2.24, 2.45) is 5.92 Å². The zero-order valence-electron chi connectivity index (χ0n) is 9.54. The van der Waals surface area contributed by atoms with E-state index < -0.39 is 0 Å². The number of nitrogens with one attached hydrogen (secondary N) is 1. The Hall–Kier alpha value is -1.09. The summed E-state index contributed by atoms with van der Waals surface area (Å²) in [4.78, 5) is 4.66. The molecule has 2 aliphatic rings. The average Bonchev–Trinajstić information content (AvgIpc) is 2.97. The monoisotopic (exact) mass is 218 g/mol. The summed E-state index contributed by atoms with van der Waals surface area (Å²) in [5.41, 5.74) is 2.74. The third-order valence-corrected chi connectivity index (χ3v) is 3.52. The maximum atomic E-state index is 5.36. The summed E-state index contributed by atoms with van der Waals surface area (Å²) in [7, 11) is 0. The van der Waals surface area contributed by atoms with Gasteiger partial charge in [0.25, 0.3) is 0 Å². The normalized spacial score (nSPS) is 23.4. The van der Waals surface area contributed by atoms with Crippen molar-refractivity contribution in [1.29, 1.82) is 0 Å². The van der Waals surface area contributed by atoms with Gasteiger partial charge in [-0.25, -0.2) is 4.98 Å². The standard InChI is InChI=1S/C13H18N2O/c1-2-11-4-5-13(15-12(11)3-1)14-8-10-6-7-16-9-10/h4-5,10H,1-3,6-9H2,(H,14,15). The molecule has 0 spiro atoms. The van der Waals surface area contributed by atoms with E-state index in [-0.39, 0.29) is 0 Å². The van der Waals surface area contributed by atoms with Gasteiger partial charge in [-0.15, -0.1) is 0 Å². The molecule has 16 heavy (non-hydrogen) atoms. The number of pyridine rings is 1. The number of anilines is 1. The summed E-state index contributed by atoms with van der Waals surface area (Å²) in [6.07, 6.45) is 4.80. The lowest BCUT2D eigenvalue weighted by Crippen LogP contribution is -2.15. The van der Waals surface area contributed by atoms with E-state index in [9.17, 15) is 0 Å². The molecule has 3 rings (SSSR count). The molecule has 86 valence electrons. The molecule has 0 saturated carbocycles. The Kier molecular flexibility index (Phi) is 2.79. The summed E-state index contributed by atoms with van der Waals surface area (Å²) in [5, 5.41) is 3.43. The van der Waals surface area contributed by atoms with Gasteiger partial charge in [0.2, 0.25) is 0 Å². The molecular formula is C13H18N2O. The van der Waals surface area contributed by atoms with E-state index in [0.717, 1.165) is 32.0 Å². The minimum Gasteiger partial charge on any atom is -0.381 e. The van der Waals surface area contributed by atoms with Crippen molar-refractivity contribution >= 4 is 5.82 Å². The molecule has 0 radical (unpaired) electrons. The van der Waals surface area contributed by atoms with E-state index >= 15 is 0 Å². The van der Waals surface area contributed by atoms with Crippen molar-refractivity contribution in [3.63, 3.8) is 0 Å². The molecule has 0 aromatic carbocycles. The van der Waals surface area contributed by atoms with Crippen molar-refractivity contribution < 1.29 is 4.74 Å². The number of aryl methyl sites for hydroxylation is 2. The number of rotatable bonds is 3. The predicted octanol–water partition coefficient (Wildman–Crippen LogP) is 2.02. The Labute approximate surface area is 96.2 Å². The Morgan fingerprint density at radius 3 is 3.25 bits per heavy atom. The van der Waals surface area contributed by atoms with E-state index in [4.69, 9.17) is 4.74 Å². The fourth-order valence-electron chi connectivity index (χ4n) is 2.51. The average molecular weight is 218 g/mol. The molecule has 2 heterocycles. The molecule has 1 aromatic heterocycles. The molecule has 0 amide bonds. The van der Waals surface area contributed by atoms with Crippen LogP contribution in [-0.4, -0.2) is 24.7 Å². The van der Waals surface area contributed by atoms with Gasteiger partial charge < -0.3 is 10.1 Å². The molecule has 3 nitrogen and oxygen atoms in total. The topological polar surface area (TPSA) is 34.2 Å². The van der Waals surface area contributed by atoms with E-state index in [0.29, 0.717) is 5.92 Å². The highest BCUT2D eigenvalue weighted by Crippen LogP contribution is 2.22. The summed E-state index contributed by atoms with van der Waals surface area (Å²) in [6.45, 7) is 2.81. The van der Waals surface area contributed by atoms with Crippen LogP contribution in [0.3, 0.4) is 0 Å². The van der Waals surface area contributed by atoms with Crippen LogP contribution in [0.1, 0.15) is 24.1 Å².